The molecular weight excluding hydrogens is 283 g/mol. The van der Waals surface area contributed by atoms with Crippen LogP contribution in [0.25, 0.3) is 0 Å². The summed E-state index contributed by atoms with van der Waals surface area (Å²) in [4.78, 5) is 0. The highest BCUT2D eigenvalue weighted by Gasteiger charge is 2.35. The molecular formula is C11H7BrF3N. The molecule has 0 fully saturated rings. The van der Waals surface area contributed by atoms with E-state index in [0.29, 0.717) is 10.2 Å². The van der Waals surface area contributed by atoms with E-state index in [1.54, 1.807) is 24.3 Å². The molecule has 0 aromatic heterocycles. The minimum absolute atomic E-state index is 0.430. The first-order valence-corrected chi connectivity index (χ1v) is 5.29. The number of hydrogen-bond donors (Lipinski definition) is 1. The summed E-state index contributed by atoms with van der Waals surface area (Å²) in [5.41, 5.74) is 0.393. The third-order valence-corrected chi connectivity index (χ3v) is 2.81. The molecule has 0 aromatic rings. The molecule has 1 heterocycles. The van der Waals surface area contributed by atoms with Crippen LogP contribution < -0.4 is 5.32 Å². The van der Waals surface area contributed by atoms with Gasteiger partial charge in [-0.3, -0.25) is 0 Å². The zero-order valence-corrected chi connectivity index (χ0v) is 9.56. The normalized spacial score (nSPS) is 19.8. The van der Waals surface area contributed by atoms with E-state index in [1.165, 1.54) is 6.08 Å². The van der Waals surface area contributed by atoms with Crippen molar-refractivity contribution in [3.63, 3.8) is 0 Å². The van der Waals surface area contributed by atoms with Crippen LogP contribution in [0.15, 0.2) is 57.9 Å². The van der Waals surface area contributed by atoms with Gasteiger partial charge in [0.2, 0.25) is 0 Å². The molecule has 1 aliphatic carbocycles. The zero-order chi connectivity index (χ0) is 11.8. The summed E-state index contributed by atoms with van der Waals surface area (Å²) >= 11 is 3.22. The molecule has 0 saturated heterocycles. The third-order valence-electron chi connectivity index (χ3n) is 2.15. The highest BCUT2D eigenvalue weighted by molar-refractivity contribution is 9.12. The van der Waals surface area contributed by atoms with Gasteiger partial charge in [0, 0.05) is 4.48 Å². The summed E-state index contributed by atoms with van der Waals surface area (Å²) in [6, 6.07) is 0. The molecule has 0 bridgehead atoms. The second-order valence-corrected chi connectivity index (χ2v) is 4.12. The van der Waals surface area contributed by atoms with Crippen molar-refractivity contribution in [1.29, 1.82) is 0 Å². The van der Waals surface area contributed by atoms with Crippen molar-refractivity contribution >= 4 is 15.9 Å². The highest BCUT2D eigenvalue weighted by atomic mass is 79.9. The Morgan fingerprint density at radius 1 is 1.06 bits per heavy atom. The molecule has 0 saturated carbocycles. The van der Waals surface area contributed by atoms with E-state index in [0.717, 1.165) is 11.6 Å². The Bertz CT molecular complexity index is 450. The maximum absolute atomic E-state index is 12.5. The molecule has 16 heavy (non-hydrogen) atoms. The number of rotatable bonds is 0. The predicted octanol–water partition coefficient (Wildman–Crippen LogP) is 3.69. The summed E-state index contributed by atoms with van der Waals surface area (Å²) in [5.74, 6) is 0. The van der Waals surface area contributed by atoms with Gasteiger partial charge in [0.25, 0.3) is 0 Å². The summed E-state index contributed by atoms with van der Waals surface area (Å²) in [6.07, 6.45) is 5.08. The minimum Gasteiger partial charge on any atom is -0.350 e. The fourth-order valence-electron chi connectivity index (χ4n) is 1.39. The van der Waals surface area contributed by atoms with Gasteiger partial charge in [0.15, 0.2) is 0 Å². The second-order valence-electron chi connectivity index (χ2n) is 3.27. The molecule has 2 aliphatic rings. The first kappa shape index (κ1) is 11.3. The SMILES string of the molecule is FC(F)(F)C1=CC=C(Br)C(=C2C=CC=C2)N1. The van der Waals surface area contributed by atoms with Crippen molar-refractivity contribution in [1.82, 2.24) is 5.32 Å². The van der Waals surface area contributed by atoms with Crippen LogP contribution in [-0.2, 0) is 0 Å². The van der Waals surface area contributed by atoms with Gasteiger partial charge in [-0.25, -0.2) is 0 Å². The molecule has 0 unspecified atom stereocenters. The van der Waals surface area contributed by atoms with Gasteiger partial charge in [0.1, 0.15) is 5.70 Å². The molecule has 1 nitrogen and oxygen atoms in total. The molecule has 1 N–H and O–H groups in total. The van der Waals surface area contributed by atoms with E-state index >= 15 is 0 Å². The molecule has 0 aromatic carbocycles. The van der Waals surface area contributed by atoms with Crippen molar-refractivity contribution in [3.05, 3.63) is 57.9 Å². The van der Waals surface area contributed by atoms with Gasteiger partial charge in [-0.2, -0.15) is 13.2 Å². The van der Waals surface area contributed by atoms with E-state index < -0.39 is 11.9 Å². The lowest BCUT2D eigenvalue weighted by molar-refractivity contribution is -0.0958. The average Bonchev–Trinajstić information content (AvgIpc) is 2.69. The number of hydrogen-bond acceptors (Lipinski definition) is 1. The molecule has 1 aliphatic heterocycles. The van der Waals surface area contributed by atoms with Crippen LogP contribution >= 0.6 is 15.9 Å². The second kappa shape index (κ2) is 3.97. The Labute approximate surface area is 98.8 Å². The van der Waals surface area contributed by atoms with Crippen molar-refractivity contribution < 1.29 is 13.2 Å². The third kappa shape index (κ3) is 2.14. The van der Waals surface area contributed by atoms with Crippen LogP contribution in [0.5, 0.6) is 0 Å². The Morgan fingerprint density at radius 3 is 2.25 bits per heavy atom. The molecule has 0 atom stereocenters. The average molecular weight is 290 g/mol. The number of nitrogens with one attached hydrogen (secondary N) is 1. The van der Waals surface area contributed by atoms with E-state index in [-0.39, 0.29) is 0 Å². The Morgan fingerprint density at radius 2 is 1.69 bits per heavy atom. The molecule has 2 rings (SSSR count). The Kier molecular flexibility index (Phi) is 2.80. The van der Waals surface area contributed by atoms with Gasteiger partial charge in [-0.05, 0) is 33.7 Å². The van der Waals surface area contributed by atoms with Crippen LogP contribution in [0.2, 0.25) is 0 Å². The van der Waals surface area contributed by atoms with Crippen molar-refractivity contribution in [2.24, 2.45) is 0 Å². The summed E-state index contributed by atoms with van der Waals surface area (Å²) in [7, 11) is 0. The lowest BCUT2D eigenvalue weighted by Gasteiger charge is -2.20. The summed E-state index contributed by atoms with van der Waals surface area (Å²) in [5, 5.41) is 2.38. The van der Waals surface area contributed by atoms with E-state index in [4.69, 9.17) is 0 Å². The first-order valence-electron chi connectivity index (χ1n) is 4.49. The van der Waals surface area contributed by atoms with Crippen LogP contribution in [0.3, 0.4) is 0 Å². The standard InChI is InChI=1S/C11H7BrF3N/c12-8-5-6-9(11(13,14)15)16-10(8)7-3-1-2-4-7/h1-6,16H. The largest absolute Gasteiger partial charge is 0.431 e. The lowest BCUT2D eigenvalue weighted by atomic mass is 10.1. The van der Waals surface area contributed by atoms with E-state index in [2.05, 4.69) is 21.2 Å². The van der Waals surface area contributed by atoms with Gasteiger partial charge in [-0.1, -0.05) is 24.3 Å². The molecule has 0 radical (unpaired) electrons. The number of dihydropyridines is 1. The van der Waals surface area contributed by atoms with Crippen molar-refractivity contribution in [2.75, 3.05) is 0 Å². The number of alkyl halides is 3. The predicted molar refractivity (Wildman–Crippen MR) is 59.6 cm³/mol. The van der Waals surface area contributed by atoms with Crippen LogP contribution in [0.1, 0.15) is 0 Å². The fraction of sp³-hybridized carbons (Fsp3) is 0.0909. The Hall–Kier alpha value is -1.23. The topological polar surface area (TPSA) is 12.0 Å². The maximum Gasteiger partial charge on any atom is 0.431 e. The number of halogens is 4. The smallest absolute Gasteiger partial charge is 0.350 e. The summed E-state index contributed by atoms with van der Waals surface area (Å²) in [6.45, 7) is 0. The lowest BCUT2D eigenvalue weighted by Crippen LogP contribution is -2.28. The quantitative estimate of drug-likeness (QED) is 0.717. The fourth-order valence-corrected chi connectivity index (χ4v) is 1.85. The zero-order valence-electron chi connectivity index (χ0n) is 7.98. The molecule has 0 spiro atoms. The van der Waals surface area contributed by atoms with E-state index in [1.807, 2.05) is 0 Å². The van der Waals surface area contributed by atoms with Crippen LogP contribution in [-0.4, -0.2) is 6.18 Å². The van der Waals surface area contributed by atoms with Crippen LogP contribution in [0.4, 0.5) is 13.2 Å². The van der Waals surface area contributed by atoms with Gasteiger partial charge in [-0.15, -0.1) is 0 Å². The first-order chi connectivity index (χ1) is 7.48. The van der Waals surface area contributed by atoms with Gasteiger partial charge >= 0.3 is 6.18 Å². The molecule has 0 amide bonds. The Balaban J connectivity index is 2.38. The van der Waals surface area contributed by atoms with E-state index in [9.17, 15) is 13.2 Å². The van der Waals surface area contributed by atoms with Crippen molar-refractivity contribution in [3.8, 4) is 0 Å². The minimum atomic E-state index is -4.36. The van der Waals surface area contributed by atoms with Gasteiger partial charge < -0.3 is 5.32 Å². The summed E-state index contributed by atoms with van der Waals surface area (Å²) < 4.78 is 38.1. The monoisotopic (exact) mass is 289 g/mol. The van der Waals surface area contributed by atoms with Crippen LogP contribution in [0, 0.1) is 0 Å². The molecule has 5 heteroatoms. The van der Waals surface area contributed by atoms with Gasteiger partial charge in [0.05, 0.1) is 5.70 Å². The van der Waals surface area contributed by atoms with Crippen molar-refractivity contribution in [2.45, 2.75) is 6.18 Å². The number of allylic oxidation sites excluding steroid dienone is 9. The maximum atomic E-state index is 12.5. The molecule has 84 valence electrons. The highest BCUT2D eigenvalue weighted by Crippen LogP contribution is 2.32.